The Morgan fingerprint density at radius 1 is 1.03 bits per heavy atom. The van der Waals surface area contributed by atoms with E-state index in [9.17, 15) is 4.39 Å². The summed E-state index contributed by atoms with van der Waals surface area (Å²) < 4.78 is 18.8. The number of aromatic amines is 1. The number of fused-ring (bicyclic) bond motifs is 1. The van der Waals surface area contributed by atoms with E-state index < -0.39 is 0 Å². The second-order valence-electron chi connectivity index (χ2n) is 6.93. The number of morpholine rings is 1. The first kappa shape index (κ1) is 17.6. The minimum absolute atomic E-state index is 0.267. The normalized spacial score (nSPS) is 14.3. The molecule has 4 aromatic rings. The average Bonchev–Trinajstić information content (AvgIpc) is 3.18. The molecule has 146 valence electrons. The molecule has 0 saturated carbocycles. The Hall–Kier alpha value is -3.45. The topological polar surface area (TPSA) is 66.1 Å². The van der Waals surface area contributed by atoms with Crippen LogP contribution in [0.25, 0.3) is 22.2 Å². The van der Waals surface area contributed by atoms with Gasteiger partial charge in [0.1, 0.15) is 5.82 Å². The molecule has 1 aliphatic heterocycles. The van der Waals surface area contributed by atoms with Crippen LogP contribution in [0.1, 0.15) is 0 Å². The van der Waals surface area contributed by atoms with Gasteiger partial charge in [-0.3, -0.25) is 0 Å². The van der Waals surface area contributed by atoms with Gasteiger partial charge >= 0.3 is 0 Å². The second kappa shape index (κ2) is 7.52. The van der Waals surface area contributed by atoms with Crippen LogP contribution in [0.5, 0.6) is 0 Å². The number of halogens is 1. The molecule has 2 aromatic carbocycles. The van der Waals surface area contributed by atoms with Crippen LogP contribution < -0.4 is 10.2 Å². The van der Waals surface area contributed by atoms with Crippen molar-refractivity contribution in [1.29, 1.82) is 0 Å². The lowest BCUT2D eigenvalue weighted by atomic mass is 10.1. The van der Waals surface area contributed by atoms with E-state index in [1.54, 1.807) is 12.3 Å². The molecule has 0 atom stereocenters. The van der Waals surface area contributed by atoms with E-state index in [1.807, 2.05) is 24.4 Å². The van der Waals surface area contributed by atoms with E-state index in [-0.39, 0.29) is 5.82 Å². The maximum atomic E-state index is 13.4. The van der Waals surface area contributed by atoms with Crippen molar-refractivity contribution in [2.24, 2.45) is 0 Å². The zero-order valence-electron chi connectivity index (χ0n) is 15.7. The van der Waals surface area contributed by atoms with Gasteiger partial charge < -0.3 is 19.9 Å². The fourth-order valence-electron chi connectivity index (χ4n) is 3.59. The molecule has 3 heterocycles. The third-order valence-electron chi connectivity index (χ3n) is 5.08. The van der Waals surface area contributed by atoms with Crippen molar-refractivity contribution in [3.05, 3.63) is 66.7 Å². The van der Waals surface area contributed by atoms with E-state index >= 15 is 0 Å². The Morgan fingerprint density at radius 3 is 2.69 bits per heavy atom. The number of hydrogen-bond donors (Lipinski definition) is 2. The van der Waals surface area contributed by atoms with Gasteiger partial charge in [-0.25, -0.2) is 14.4 Å². The van der Waals surface area contributed by atoms with E-state index in [4.69, 9.17) is 4.74 Å². The van der Waals surface area contributed by atoms with Gasteiger partial charge in [-0.2, -0.15) is 0 Å². The molecule has 0 unspecified atom stereocenters. The van der Waals surface area contributed by atoms with Crippen molar-refractivity contribution in [3.8, 4) is 11.3 Å². The SMILES string of the molecule is Fc1ccc2c(-c3ccnc(Nc4ccc(N5CCOCC5)cc4)n3)c[nH]c2c1. The molecule has 0 amide bonds. The van der Waals surface area contributed by atoms with Gasteiger partial charge in [0.15, 0.2) is 0 Å². The van der Waals surface area contributed by atoms with Gasteiger partial charge in [0.2, 0.25) is 5.95 Å². The summed E-state index contributed by atoms with van der Waals surface area (Å²) in [6.45, 7) is 3.35. The summed E-state index contributed by atoms with van der Waals surface area (Å²) in [7, 11) is 0. The summed E-state index contributed by atoms with van der Waals surface area (Å²) in [4.78, 5) is 14.4. The zero-order valence-corrected chi connectivity index (χ0v) is 15.7. The fraction of sp³-hybridized carbons (Fsp3) is 0.182. The quantitative estimate of drug-likeness (QED) is 0.543. The largest absolute Gasteiger partial charge is 0.378 e. The Bertz CT molecular complexity index is 1140. The summed E-state index contributed by atoms with van der Waals surface area (Å²) in [5.41, 5.74) is 4.52. The van der Waals surface area contributed by atoms with Crippen LogP contribution in [0.3, 0.4) is 0 Å². The Balaban J connectivity index is 1.37. The number of nitrogens with one attached hydrogen (secondary N) is 2. The lowest BCUT2D eigenvalue weighted by Crippen LogP contribution is -2.36. The lowest BCUT2D eigenvalue weighted by Gasteiger charge is -2.28. The second-order valence-corrected chi connectivity index (χ2v) is 6.93. The molecule has 2 aromatic heterocycles. The van der Waals surface area contributed by atoms with Crippen LogP contribution in [0.4, 0.5) is 21.7 Å². The molecule has 2 N–H and O–H groups in total. The molecule has 0 spiro atoms. The van der Waals surface area contributed by atoms with Crippen LogP contribution in [0, 0.1) is 5.82 Å². The number of hydrogen-bond acceptors (Lipinski definition) is 5. The highest BCUT2D eigenvalue weighted by molar-refractivity contribution is 5.94. The molecule has 1 aliphatic rings. The Morgan fingerprint density at radius 2 is 1.86 bits per heavy atom. The number of ether oxygens (including phenoxy) is 1. The summed E-state index contributed by atoms with van der Waals surface area (Å²) in [5.74, 6) is 0.245. The first-order valence-corrected chi connectivity index (χ1v) is 9.56. The monoisotopic (exact) mass is 389 g/mol. The molecule has 29 heavy (non-hydrogen) atoms. The van der Waals surface area contributed by atoms with Crippen LogP contribution in [0.15, 0.2) is 60.9 Å². The molecule has 5 rings (SSSR count). The number of rotatable bonds is 4. The summed E-state index contributed by atoms with van der Waals surface area (Å²) in [6.07, 6.45) is 3.56. The molecule has 7 heteroatoms. The maximum absolute atomic E-state index is 13.4. The molecule has 1 saturated heterocycles. The highest BCUT2D eigenvalue weighted by atomic mass is 19.1. The van der Waals surface area contributed by atoms with Crippen LogP contribution >= 0.6 is 0 Å². The van der Waals surface area contributed by atoms with Crippen molar-refractivity contribution in [2.75, 3.05) is 36.5 Å². The number of nitrogens with zero attached hydrogens (tertiary/aromatic N) is 3. The molecule has 0 bridgehead atoms. The summed E-state index contributed by atoms with van der Waals surface area (Å²) in [6, 6.07) is 14.8. The minimum Gasteiger partial charge on any atom is -0.378 e. The van der Waals surface area contributed by atoms with E-state index in [2.05, 4.69) is 37.3 Å². The van der Waals surface area contributed by atoms with Crippen LogP contribution in [-0.2, 0) is 4.74 Å². The van der Waals surface area contributed by atoms with E-state index in [1.165, 1.54) is 17.8 Å². The van der Waals surface area contributed by atoms with E-state index in [0.29, 0.717) is 5.95 Å². The first-order valence-electron chi connectivity index (χ1n) is 9.56. The summed E-state index contributed by atoms with van der Waals surface area (Å²) >= 11 is 0. The molecular formula is C22H20FN5O. The number of aromatic nitrogens is 3. The highest BCUT2D eigenvalue weighted by Gasteiger charge is 2.12. The number of anilines is 3. The van der Waals surface area contributed by atoms with Gasteiger partial charge in [0, 0.05) is 53.3 Å². The van der Waals surface area contributed by atoms with Crippen molar-refractivity contribution in [3.63, 3.8) is 0 Å². The minimum atomic E-state index is -0.267. The van der Waals surface area contributed by atoms with Crippen LogP contribution in [0.2, 0.25) is 0 Å². The highest BCUT2D eigenvalue weighted by Crippen LogP contribution is 2.28. The average molecular weight is 389 g/mol. The smallest absolute Gasteiger partial charge is 0.227 e. The maximum Gasteiger partial charge on any atom is 0.227 e. The lowest BCUT2D eigenvalue weighted by molar-refractivity contribution is 0.122. The fourth-order valence-corrected chi connectivity index (χ4v) is 3.59. The Labute approximate surface area is 167 Å². The summed E-state index contributed by atoms with van der Waals surface area (Å²) in [5, 5.41) is 4.18. The molecule has 6 nitrogen and oxygen atoms in total. The molecular weight excluding hydrogens is 369 g/mol. The van der Waals surface area contributed by atoms with Crippen molar-refractivity contribution in [2.45, 2.75) is 0 Å². The van der Waals surface area contributed by atoms with Gasteiger partial charge in [0.05, 0.1) is 18.9 Å². The Kier molecular flexibility index (Phi) is 4.57. The molecule has 0 radical (unpaired) electrons. The number of H-pyrrole nitrogens is 1. The van der Waals surface area contributed by atoms with Crippen molar-refractivity contribution in [1.82, 2.24) is 15.0 Å². The van der Waals surface area contributed by atoms with Gasteiger partial charge in [-0.1, -0.05) is 0 Å². The van der Waals surface area contributed by atoms with Crippen molar-refractivity contribution >= 4 is 28.2 Å². The van der Waals surface area contributed by atoms with Gasteiger partial charge in [-0.15, -0.1) is 0 Å². The van der Waals surface area contributed by atoms with Crippen molar-refractivity contribution < 1.29 is 9.13 Å². The predicted molar refractivity (Wildman–Crippen MR) is 112 cm³/mol. The third-order valence-corrected chi connectivity index (χ3v) is 5.08. The van der Waals surface area contributed by atoms with Gasteiger partial charge in [0.25, 0.3) is 0 Å². The third kappa shape index (κ3) is 3.64. The van der Waals surface area contributed by atoms with Crippen LogP contribution in [-0.4, -0.2) is 41.3 Å². The standard InChI is InChI=1S/C22H20FN5O/c23-15-1-6-18-19(14-25-21(18)13-15)20-7-8-24-22(27-20)26-16-2-4-17(5-3-16)28-9-11-29-12-10-28/h1-8,13-14,25H,9-12H2,(H,24,26,27). The number of benzene rings is 2. The molecule has 1 fully saturated rings. The zero-order chi connectivity index (χ0) is 19.6. The molecule has 0 aliphatic carbocycles. The van der Waals surface area contributed by atoms with E-state index in [0.717, 1.165) is 54.2 Å². The predicted octanol–water partition coefficient (Wildman–Crippen LogP) is 4.34. The van der Waals surface area contributed by atoms with Gasteiger partial charge in [-0.05, 0) is 48.5 Å². The first-order chi connectivity index (χ1) is 14.3.